The highest BCUT2D eigenvalue weighted by Gasteiger charge is 2.51. The highest BCUT2D eigenvalue weighted by Crippen LogP contribution is 2.46. The molecule has 0 aliphatic carbocycles. The van der Waals surface area contributed by atoms with E-state index >= 15 is 0 Å². The summed E-state index contributed by atoms with van der Waals surface area (Å²) in [5, 5.41) is 20.2. The first kappa shape index (κ1) is 17.7. The van der Waals surface area contributed by atoms with Gasteiger partial charge in [-0.05, 0) is 57.4 Å². The van der Waals surface area contributed by atoms with E-state index in [1.54, 1.807) is 4.90 Å². The van der Waals surface area contributed by atoms with Gasteiger partial charge in [0.2, 0.25) is 0 Å². The van der Waals surface area contributed by atoms with Gasteiger partial charge in [0.05, 0.1) is 17.2 Å². The van der Waals surface area contributed by atoms with Gasteiger partial charge in [0, 0.05) is 24.9 Å². The molecule has 2 saturated heterocycles. The van der Waals surface area contributed by atoms with Crippen molar-refractivity contribution in [3.05, 3.63) is 35.1 Å². The van der Waals surface area contributed by atoms with Crippen LogP contribution in [-0.4, -0.2) is 33.8 Å². The van der Waals surface area contributed by atoms with Crippen molar-refractivity contribution in [1.29, 1.82) is 5.26 Å². The molecule has 25 heavy (non-hydrogen) atoms. The molecule has 2 unspecified atom stereocenters. The van der Waals surface area contributed by atoms with Gasteiger partial charge < -0.3 is 14.7 Å². The van der Waals surface area contributed by atoms with Crippen molar-refractivity contribution in [2.24, 2.45) is 0 Å². The van der Waals surface area contributed by atoms with Crippen LogP contribution in [-0.2, 0) is 10.3 Å². The lowest BCUT2D eigenvalue weighted by molar-refractivity contribution is -0.0625. The number of amides is 1. The van der Waals surface area contributed by atoms with E-state index < -0.39 is 17.0 Å². The van der Waals surface area contributed by atoms with Crippen LogP contribution < -0.4 is 0 Å². The number of nitrogens with zero attached hydrogens (tertiary/aromatic N) is 2. The lowest BCUT2D eigenvalue weighted by Gasteiger charge is -2.44. The fourth-order valence-corrected chi connectivity index (χ4v) is 4.00. The molecule has 0 radical (unpaired) electrons. The average molecular weight is 346 g/mol. The third-order valence-electron chi connectivity index (χ3n) is 4.94. The van der Waals surface area contributed by atoms with Crippen LogP contribution in [0.4, 0.5) is 9.18 Å². The van der Waals surface area contributed by atoms with E-state index in [1.807, 2.05) is 26.8 Å². The van der Waals surface area contributed by atoms with E-state index in [0.717, 1.165) is 18.9 Å². The molecule has 2 bridgehead atoms. The van der Waals surface area contributed by atoms with Crippen LogP contribution >= 0.6 is 0 Å². The lowest BCUT2D eigenvalue weighted by Crippen LogP contribution is -2.53. The summed E-state index contributed by atoms with van der Waals surface area (Å²) in [5.41, 5.74) is -1.22. The Kier molecular flexibility index (Phi) is 4.24. The first-order chi connectivity index (χ1) is 11.6. The molecule has 1 aromatic rings. The number of halogens is 1. The molecule has 0 saturated carbocycles. The summed E-state index contributed by atoms with van der Waals surface area (Å²) in [4.78, 5) is 14.2. The highest BCUT2D eigenvalue weighted by molar-refractivity contribution is 5.70. The minimum absolute atomic E-state index is 0.146. The molecule has 2 fully saturated rings. The van der Waals surface area contributed by atoms with Gasteiger partial charge in [-0.3, -0.25) is 0 Å². The Bertz CT molecular complexity index is 721. The number of fused-ring (bicyclic) bond motifs is 2. The Morgan fingerprint density at radius 2 is 1.92 bits per heavy atom. The largest absolute Gasteiger partial charge is 0.444 e. The molecule has 2 aliphatic heterocycles. The maximum Gasteiger partial charge on any atom is 0.410 e. The van der Waals surface area contributed by atoms with Gasteiger partial charge in [-0.2, -0.15) is 5.26 Å². The van der Waals surface area contributed by atoms with Gasteiger partial charge in [0.15, 0.2) is 0 Å². The average Bonchev–Trinajstić information content (AvgIpc) is 2.78. The normalized spacial score (nSPS) is 28.6. The summed E-state index contributed by atoms with van der Waals surface area (Å²) in [6, 6.07) is 5.59. The Hall–Kier alpha value is -2.13. The monoisotopic (exact) mass is 346 g/mol. The van der Waals surface area contributed by atoms with Gasteiger partial charge in [0.25, 0.3) is 0 Å². The van der Waals surface area contributed by atoms with Gasteiger partial charge in [-0.15, -0.1) is 0 Å². The molecule has 0 aromatic heterocycles. The van der Waals surface area contributed by atoms with Crippen molar-refractivity contribution < 1.29 is 19.0 Å². The van der Waals surface area contributed by atoms with E-state index in [1.165, 1.54) is 12.1 Å². The number of hydrogen-bond donors (Lipinski definition) is 1. The maximum absolute atomic E-state index is 13.8. The Labute approximate surface area is 147 Å². The lowest BCUT2D eigenvalue weighted by atomic mass is 9.80. The third-order valence-corrected chi connectivity index (χ3v) is 4.94. The second-order valence-electron chi connectivity index (χ2n) is 8.05. The topological polar surface area (TPSA) is 73.6 Å². The minimum Gasteiger partial charge on any atom is -0.444 e. The van der Waals surface area contributed by atoms with Crippen LogP contribution in [0.1, 0.15) is 57.6 Å². The summed E-state index contributed by atoms with van der Waals surface area (Å²) in [5.74, 6) is -0.538. The van der Waals surface area contributed by atoms with E-state index in [-0.39, 0.29) is 23.7 Å². The van der Waals surface area contributed by atoms with Crippen molar-refractivity contribution in [2.45, 2.75) is 69.7 Å². The van der Waals surface area contributed by atoms with E-state index in [9.17, 15) is 14.3 Å². The van der Waals surface area contributed by atoms with Crippen LogP contribution in [0.15, 0.2) is 18.2 Å². The van der Waals surface area contributed by atoms with Gasteiger partial charge in [-0.1, -0.05) is 0 Å². The Morgan fingerprint density at radius 3 is 2.44 bits per heavy atom. The first-order valence-electron chi connectivity index (χ1n) is 8.56. The molecule has 1 N–H and O–H groups in total. The summed E-state index contributed by atoms with van der Waals surface area (Å²) in [7, 11) is 0. The second kappa shape index (κ2) is 5.99. The summed E-state index contributed by atoms with van der Waals surface area (Å²) < 4.78 is 19.3. The maximum atomic E-state index is 13.8. The van der Waals surface area contributed by atoms with Crippen molar-refractivity contribution in [1.82, 2.24) is 4.90 Å². The third kappa shape index (κ3) is 3.47. The first-order valence-corrected chi connectivity index (χ1v) is 8.56. The quantitative estimate of drug-likeness (QED) is 0.845. The minimum atomic E-state index is -1.24. The smallest absolute Gasteiger partial charge is 0.410 e. The van der Waals surface area contributed by atoms with E-state index in [2.05, 4.69) is 0 Å². The van der Waals surface area contributed by atoms with Crippen LogP contribution in [0.3, 0.4) is 0 Å². The van der Waals surface area contributed by atoms with Crippen molar-refractivity contribution in [3.8, 4) is 6.07 Å². The molecule has 3 rings (SSSR count). The van der Waals surface area contributed by atoms with Crippen molar-refractivity contribution >= 4 is 6.09 Å². The molecule has 0 spiro atoms. The summed E-state index contributed by atoms with van der Waals surface area (Å²) >= 11 is 0. The van der Waals surface area contributed by atoms with Crippen molar-refractivity contribution in [2.75, 3.05) is 0 Å². The molecular formula is C19H23FN2O3. The second-order valence-corrected chi connectivity index (χ2v) is 8.05. The molecule has 2 heterocycles. The Morgan fingerprint density at radius 1 is 1.32 bits per heavy atom. The number of hydrogen-bond acceptors (Lipinski definition) is 4. The van der Waals surface area contributed by atoms with Gasteiger partial charge >= 0.3 is 6.09 Å². The van der Waals surface area contributed by atoms with E-state index in [0.29, 0.717) is 18.4 Å². The zero-order valence-corrected chi connectivity index (χ0v) is 14.8. The van der Waals surface area contributed by atoms with Crippen LogP contribution in [0.25, 0.3) is 0 Å². The van der Waals surface area contributed by atoms with E-state index in [4.69, 9.17) is 10.00 Å². The zero-order chi connectivity index (χ0) is 18.4. The SMILES string of the molecule is CC(C)(C)OC(=O)N1C2CCC1CC(O)(c1cc(F)cc(C#N)c1)C2. The van der Waals surface area contributed by atoms with Crippen LogP contribution in [0.2, 0.25) is 0 Å². The molecule has 2 aliphatic rings. The molecule has 1 amide bonds. The van der Waals surface area contributed by atoms with Crippen LogP contribution in [0.5, 0.6) is 0 Å². The predicted octanol–water partition coefficient (Wildman–Crippen LogP) is 3.45. The predicted molar refractivity (Wildman–Crippen MR) is 89.1 cm³/mol. The fourth-order valence-electron chi connectivity index (χ4n) is 4.00. The Balaban J connectivity index is 1.85. The van der Waals surface area contributed by atoms with Crippen molar-refractivity contribution in [3.63, 3.8) is 0 Å². The molecule has 2 atom stereocenters. The van der Waals surface area contributed by atoms with Gasteiger partial charge in [0.1, 0.15) is 11.4 Å². The number of rotatable bonds is 1. The molecular weight excluding hydrogens is 323 g/mol. The summed E-state index contributed by atoms with van der Waals surface area (Å²) in [6.07, 6.45) is 1.84. The number of nitriles is 1. The number of carbonyl (C=O) groups is 1. The number of benzene rings is 1. The molecule has 134 valence electrons. The summed E-state index contributed by atoms with van der Waals surface area (Å²) in [6.45, 7) is 5.47. The highest BCUT2D eigenvalue weighted by atomic mass is 19.1. The molecule has 1 aromatic carbocycles. The number of carbonyl (C=O) groups excluding carboxylic acids is 1. The fraction of sp³-hybridized carbons (Fsp3) is 0.579. The zero-order valence-electron chi connectivity index (χ0n) is 14.8. The number of ether oxygens (including phenoxy) is 1. The molecule has 5 nitrogen and oxygen atoms in total. The van der Waals surface area contributed by atoms with Crippen LogP contribution in [0, 0.1) is 17.1 Å². The number of aliphatic hydroxyl groups is 1. The molecule has 6 heteroatoms. The number of piperidine rings is 1. The van der Waals surface area contributed by atoms with Gasteiger partial charge in [-0.25, -0.2) is 9.18 Å². The standard InChI is InChI=1S/C19H23FN2O3/c1-18(2,3)25-17(23)22-15-4-5-16(22)10-19(24,9-15)13-6-12(11-21)7-14(20)8-13/h6-8,15-16,24H,4-5,9-10H2,1-3H3.